The zero-order valence-electron chi connectivity index (χ0n) is 11.5. The summed E-state index contributed by atoms with van der Waals surface area (Å²) in [6.07, 6.45) is 0.853. The molecule has 1 aromatic carbocycles. The van der Waals surface area contributed by atoms with E-state index in [9.17, 15) is 4.79 Å². The fraction of sp³-hybridized carbons (Fsp3) is 0.500. The van der Waals surface area contributed by atoms with E-state index in [0.717, 1.165) is 17.7 Å². The van der Waals surface area contributed by atoms with Crippen molar-refractivity contribution >= 4 is 5.91 Å². The lowest BCUT2D eigenvalue weighted by Crippen LogP contribution is -2.33. The smallest absolute Gasteiger partial charge is 0.222 e. The molecule has 1 aromatic rings. The Morgan fingerprint density at radius 1 is 1.42 bits per heavy atom. The van der Waals surface area contributed by atoms with Crippen LogP contribution >= 0.6 is 0 Å². The largest absolute Gasteiger partial charge is 0.497 e. The van der Waals surface area contributed by atoms with E-state index < -0.39 is 0 Å². The molecule has 3 N–H and O–H groups in total. The van der Waals surface area contributed by atoms with Crippen molar-refractivity contribution in [1.82, 2.24) is 5.32 Å². The van der Waals surface area contributed by atoms with Crippen LogP contribution in [0.2, 0.25) is 0 Å². The standard InChI is InChI=1S/C14H22N2O3/c1-18-12-5-3-4-11(8-12)6-7-16-14(17)9-13(10-15)19-2/h3-5,8,13H,6-7,9-10,15H2,1-2H3,(H,16,17). The molecule has 1 unspecified atom stereocenters. The van der Waals surface area contributed by atoms with Crippen molar-refractivity contribution < 1.29 is 14.3 Å². The number of carbonyl (C=O) groups is 1. The maximum Gasteiger partial charge on any atom is 0.222 e. The van der Waals surface area contributed by atoms with Crippen LogP contribution in [0.15, 0.2) is 24.3 Å². The normalized spacial score (nSPS) is 11.9. The third-order valence-electron chi connectivity index (χ3n) is 2.88. The second-order valence-corrected chi connectivity index (χ2v) is 4.25. The Balaban J connectivity index is 2.31. The zero-order valence-corrected chi connectivity index (χ0v) is 11.5. The predicted molar refractivity (Wildman–Crippen MR) is 74.2 cm³/mol. The van der Waals surface area contributed by atoms with Gasteiger partial charge in [0.1, 0.15) is 5.75 Å². The fourth-order valence-corrected chi connectivity index (χ4v) is 1.72. The highest BCUT2D eigenvalue weighted by molar-refractivity contribution is 5.76. The molecule has 0 heterocycles. The molecule has 0 radical (unpaired) electrons. The number of nitrogens with two attached hydrogens (primary N) is 1. The molecule has 0 bridgehead atoms. The molecule has 0 saturated heterocycles. The summed E-state index contributed by atoms with van der Waals surface area (Å²) < 4.78 is 10.2. The maximum atomic E-state index is 11.6. The van der Waals surface area contributed by atoms with Crippen LogP contribution in [-0.2, 0) is 16.0 Å². The first-order valence-corrected chi connectivity index (χ1v) is 6.32. The summed E-state index contributed by atoms with van der Waals surface area (Å²) in [5.74, 6) is 0.784. The Labute approximate surface area is 114 Å². The van der Waals surface area contributed by atoms with Gasteiger partial charge in [0.05, 0.1) is 19.6 Å². The van der Waals surface area contributed by atoms with E-state index in [2.05, 4.69) is 5.32 Å². The summed E-state index contributed by atoms with van der Waals surface area (Å²) in [7, 11) is 3.19. The molecule has 0 aliphatic rings. The van der Waals surface area contributed by atoms with Crippen molar-refractivity contribution in [2.45, 2.75) is 18.9 Å². The first kappa shape index (κ1) is 15.5. The van der Waals surface area contributed by atoms with Crippen LogP contribution in [0, 0.1) is 0 Å². The van der Waals surface area contributed by atoms with Crippen LogP contribution in [-0.4, -0.2) is 39.3 Å². The topological polar surface area (TPSA) is 73.6 Å². The van der Waals surface area contributed by atoms with Crippen molar-refractivity contribution in [2.75, 3.05) is 27.3 Å². The Morgan fingerprint density at radius 2 is 2.21 bits per heavy atom. The number of hydrogen-bond acceptors (Lipinski definition) is 4. The third-order valence-corrected chi connectivity index (χ3v) is 2.88. The first-order valence-electron chi connectivity index (χ1n) is 6.32. The summed E-state index contributed by atoms with van der Waals surface area (Å²) in [6.45, 7) is 0.937. The van der Waals surface area contributed by atoms with Gasteiger partial charge in [-0.05, 0) is 24.1 Å². The lowest BCUT2D eigenvalue weighted by Gasteiger charge is -2.12. The third kappa shape index (κ3) is 5.72. The van der Waals surface area contributed by atoms with Gasteiger partial charge < -0.3 is 20.5 Å². The Hall–Kier alpha value is -1.59. The van der Waals surface area contributed by atoms with Gasteiger partial charge in [-0.25, -0.2) is 0 Å². The molecule has 0 fully saturated rings. The zero-order chi connectivity index (χ0) is 14.1. The van der Waals surface area contributed by atoms with Crippen LogP contribution in [0.3, 0.4) is 0 Å². The molecule has 5 nitrogen and oxygen atoms in total. The van der Waals surface area contributed by atoms with Gasteiger partial charge in [0.25, 0.3) is 0 Å². The molecule has 5 heteroatoms. The van der Waals surface area contributed by atoms with Crippen LogP contribution in [0.5, 0.6) is 5.75 Å². The molecule has 1 rings (SSSR count). The van der Waals surface area contributed by atoms with Crippen molar-refractivity contribution in [1.29, 1.82) is 0 Å². The molecule has 0 aromatic heterocycles. The predicted octanol–water partition coefficient (Wildman–Crippen LogP) is 0.718. The highest BCUT2D eigenvalue weighted by Crippen LogP contribution is 2.12. The van der Waals surface area contributed by atoms with E-state index in [1.54, 1.807) is 14.2 Å². The quantitative estimate of drug-likeness (QED) is 0.727. The van der Waals surface area contributed by atoms with Gasteiger partial charge in [-0.1, -0.05) is 12.1 Å². The highest BCUT2D eigenvalue weighted by atomic mass is 16.5. The van der Waals surface area contributed by atoms with E-state index in [0.29, 0.717) is 19.5 Å². The number of benzene rings is 1. The number of nitrogens with one attached hydrogen (secondary N) is 1. The number of ether oxygens (including phenoxy) is 2. The second kappa shape index (κ2) is 8.50. The van der Waals surface area contributed by atoms with Gasteiger partial charge in [-0.3, -0.25) is 4.79 Å². The summed E-state index contributed by atoms with van der Waals surface area (Å²) in [4.78, 5) is 11.6. The molecule has 1 amide bonds. The number of rotatable bonds is 8. The minimum absolute atomic E-state index is 0.0415. The maximum absolute atomic E-state index is 11.6. The summed E-state index contributed by atoms with van der Waals surface area (Å²) in [5, 5.41) is 2.85. The van der Waals surface area contributed by atoms with Crippen molar-refractivity contribution in [3.8, 4) is 5.75 Å². The molecule has 0 aliphatic heterocycles. The van der Waals surface area contributed by atoms with E-state index in [1.165, 1.54) is 0 Å². The second-order valence-electron chi connectivity index (χ2n) is 4.25. The average molecular weight is 266 g/mol. The number of carbonyl (C=O) groups excluding carboxylic acids is 1. The molecular formula is C14H22N2O3. The van der Waals surface area contributed by atoms with Gasteiger partial charge in [-0.15, -0.1) is 0 Å². The first-order chi connectivity index (χ1) is 9.19. The van der Waals surface area contributed by atoms with Gasteiger partial charge in [-0.2, -0.15) is 0 Å². The Bertz CT molecular complexity index is 392. The van der Waals surface area contributed by atoms with Crippen molar-refractivity contribution in [3.63, 3.8) is 0 Å². The molecule has 106 valence electrons. The molecular weight excluding hydrogens is 244 g/mol. The monoisotopic (exact) mass is 266 g/mol. The van der Waals surface area contributed by atoms with Gasteiger partial charge >= 0.3 is 0 Å². The SMILES string of the molecule is COc1cccc(CCNC(=O)CC(CN)OC)c1. The minimum atomic E-state index is -0.211. The fourth-order valence-electron chi connectivity index (χ4n) is 1.72. The lowest BCUT2D eigenvalue weighted by atomic mass is 10.1. The van der Waals surface area contributed by atoms with E-state index in [4.69, 9.17) is 15.2 Å². The lowest BCUT2D eigenvalue weighted by molar-refractivity contribution is -0.123. The molecule has 19 heavy (non-hydrogen) atoms. The summed E-state index contributed by atoms with van der Waals surface area (Å²) in [6, 6.07) is 7.80. The average Bonchev–Trinajstić information content (AvgIpc) is 2.45. The van der Waals surface area contributed by atoms with E-state index in [-0.39, 0.29) is 12.0 Å². The van der Waals surface area contributed by atoms with Crippen LogP contribution in [0.1, 0.15) is 12.0 Å². The number of amides is 1. The Morgan fingerprint density at radius 3 is 2.84 bits per heavy atom. The highest BCUT2D eigenvalue weighted by Gasteiger charge is 2.10. The molecule has 0 saturated carbocycles. The summed E-state index contributed by atoms with van der Waals surface area (Å²) >= 11 is 0. The van der Waals surface area contributed by atoms with Crippen LogP contribution < -0.4 is 15.8 Å². The van der Waals surface area contributed by atoms with Gasteiger partial charge in [0.2, 0.25) is 5.91 Å². The minimum Gasteiger partial charge on any atom is -0.497 e. The van der Waals surface area contributed by atoms with Crippen molar-refractivity contribution in [2.24, 2.45) is 5.73 Å². The van der Waals surface area contributed by atoms with E-state index in [1.807, 2.05) is 24.3 Å². The molecule has 0 aliphatic carbocycles. The number of hydrogen-bond donors (Lipinski definition) is 2. The van der Waals surface area contributed by atoms with E-state index >= 15 is 0 Å². The van der Waals surface area contributed by atoms with Crippen molar-refractivity contribution in [3.05, 3.63) is 29.8 Å². The number of methoxy groups -OCH3 is 2. The summed E-state index contributed by atoms with van der Waals surface area (Å²) in [5.41, 5.74) is 6.59. The van der Waals surface area contributed by atoms with Gasteiger partial charge in [0, 0.05) is 20.2 Å². The molecule has 0 spiro atoms. The molecule has 1 atom stereocenters. The van der Waals surface area contributed by atoms with Crippen LogP contribution in [0.25, 0.3) is 0 Å². The van der Waals surface area contributed by atoms with Gasteiger partial charge in [0.15, 0.2) is 0 Å². The van der Waals surface area contributed by atoms with Crippen LogP contribution in [0.4, 0.5) is 0 Å². The Kier molecular flexibility index (Phi) is 6.92.